The Kier molecular flexibility index (Phi) is 3.17. The van der Waals surface area contributed by atoms with Crippen molar-refractivity contribution in [3.8, 4) is 0 Å². The van der Waals surface area contributed by atoms with Gasteiger partial charge in [-0.05, 0) is 18.6 Å². The van der Waals surface area contributed by atoms with Crippen LogP contribution in [0.1, 0.15) is 16.4 Å². The Morgan fingerprint density at radius 3 is 2.40 bits per heavy atom. The molecule has 0 aromatic heterocycles. The lowest BCUT2D eigenvalue weighted by molar-refractivity contribution is 1.13. The third-order valence-corrected chi connectivity index (χ3v) is 2.73. The van der Waals surface area contributed by atoms with E-state index in [0.717, 1.165) is 0 Å². The molecule has 0 radical (unpaired) electrons. The molecule has 1 aromatic carbocycles. The van der Waals surface area contributed by atoms with Gasteiger partial charge in [-0.25, -0.2) is 0 Å². The molecular weight excluding hydrogens is 303 g/mol. The van der Waals surface area contributed by atoms with Gasteiger partial charge in [-0.1, -0.05) is 56.7 Å². The van der Waals surface area contributed by atoms with E-state index >= 15 is 0 Å². The SMILES string of the molecule is C[C@@H](I)c1ccccc1Br. The van der Waals surface area contributed by atoms with Crippen molar-refractivity contribution in [3.63, 3.8) is 0 Å². The van der Waals surface area contributed by atoms with Crippen molar-refractivity contribution < 1.29 is 0 Å². The van der Waals surface area contributed by atoms with Gasteiger partial charge in [-0.15, -0.1) is 0 Å². The van der Waals surface area contributed by atoms with Crippen molar-refractivity contribution in [2.45, 2.75) is 10.8 Å². The van der Waals surface area contributed by atoms with E-state index in [9.17, 15) is 0 Å². The highest BCUT2D eigenvalue weighted by atomic mass is 127. The van der Waals surface area contributed by atoms with Crippen LogP contribution in [-0.4, -0.2) is 0 Å². The molecule has 1 aromatic rings. The molecule has 10 heavy (non-hydrogen) atoms. The predicted octanol–water partition coefficient (Wildman–Crippen LogP) is 3.95. The summed E-state index contributed by atoms with van der Waals surface area (Å²) >= 11 is 5.90. The Morgan fingerprint density at radius 1 is 1.40 bits per heavy atom. The molecule has 0 aliphatic heterocycles. The van der Waals surface area contributed by atoms with Crippen molar-refractivity contribution >= 4 is 38.5 Å². The molecule has 0 bridgehead atoms. The van der Waals surface area contributed by atoms with Crippen LogP contribution in [0.15, 0.2) is 28.7 Å². The van der Waals surface area contributed by atoms with Crippen LogP contribution in [0.25, 0.3) is 0 Å². The molecule has 0 nitrogen and oxygen atoms in total. The lowest BCUT2D eigenvalue weighted by Crippen LogP contribution is -1.83. The van der Waals surface area contributed by atoms with Gasteiger partial charge in [-0.3, -0.25) is 0 Å². The normalized spacial score (nSPS) is 13.1. The minimum Gasteiger partial charge on any atom is -0.0777 e. The number of halogens is 2. The fraction of sp³-hybridized carbons (Fsp3) is 0.250. The summed E-state index contributed by atoms with van der Waals surface area (Å²) in [5.74, 6) is 0. The van der Waals surface area contributed by atoms with Crippen molar-refractivity contribution in [2.24, 2.45) is 0 Å². The van der Waals surface area contributed by atoms with E-state index in [1.807, 2.05) is 6.07 Å². The Labute approximate surface area is 83.3 Å². The summed E-state index contributed by atoms with van der Waals surface area (Å²) in [7, 11) is 0. The second-order valence-corrected chi connectivity index (χ2v) is 4.86. The molecule has 0 amide bonds. The lowest BCUT2D eigenvalue weighted by atomic mass is 10.2. The maximum absolute atomic E-state index is 3.49. The highest BCUT2D eigenvalue weighted by Crippen LogP contribution is 2.28. The third-order valence-electron chi connectivity index (χ3n) is 1.33. The number of hydrogen-bond acceptors (Lipinski definition) is 0. The minimum absolute atomic E-state index is 0.577. The molecule has 54 valence electrons. The summed E-state index contributed by atoms with van der Waals surface area (Å²) in [5, 5.41) is 0. The summed E-state index contributed by atoms with van der Waals surface area (Å²) in [4.78, 5) is 0. The van der Waals surface area contributed by atoms with E-state index in [4.69, 9.17) is 0 Å². The molecule has 1 atom stereocenters. The average molecular weight is 311 g/mol. The highest BCUT2D eigenvalue weighted by molar-refractivity contribution is 14.1. The van der Waals surface area contributed by atoms with Gasteiger partial charge in [0.25, 0.3) is 0 Å². The standard InChI is InChI=1S/C8H8BrI/c1-6(10)7-4-2-3-5-8(7)9/h2-6H,1H3/t6-/m1/s1. The van der Waals surface area contributed by atoms with Crippen LogP contribution < -0.4 is 0 Å². The third kappa shape index (κ3) is 1.95. The van der Waals surface area contributed by atoms with Crippen LogP contribution in [0.2, 0.25) is 0 Å². The Hall–Kier alpha value is 0.430. The second-order valence-electron chi connectivity index (χ2n) is 2.14. The molecule has 0 saturated carbocycles. The van der Waals surface area contributed by atoms with Crippen molar-refractivity contribution in [3.05, 3.63) is 34.3 Å². The Morgan fingerprint density at radius 2 is 2.00 bits per heavy atom. The summed E-state index contributed by atoms with van der Waals surface area (Å²) in [5.41, 5.74) is 1.36. The first kappa shape index (κ1) is 8.53. The number of alkyl halides is 1. The van der Waals surface area contributed by atoms with E-state index < -0.39 is 0 Å². The summed E-state index contributed by atoms with van der Waals surface area (Å²) in [6.45, 7) is 2.18. The summed E-state index contributed by atoms with van der Waals surface area (Å²) in [6.07, 6.45) is 0. The maximum atomic E-state index is 3.49. The summed E-state index contributed by atoms with van der Waals surface area (Å²) < 4.78 is 1.78. The molecule has 2 heteroatoms. The van der Waals surface area contributed by atoms with E-state index in [1.165, 1.54) is 10.0 Å². The molecule has 0 saturated heterocycles. The lowest BCUT2D eigenvalue weighted by Gasteiger charge is -2.04. The van der Waals surface area contributed by atoms with E-state index in [-0.39, 0.29) is 0 Å². The zero-order valence-electron chi connectivity index (χ0n) is 5.64. The number of benzene rings is 1. The van der Waals surface area contributed by atoms with Gasteiger partial charge < -0.3 is 0 Å². The van der Waals surface area contributed by atoms with E-state index in [1.54, 1.807) is 0 Å². The first-order valence-corrected chi connectivity index (χ1v) is 5.14. The molecule has 1 rings (SSSR count). The molecule has 0 fully saturated rings. The van der Waals surface area contributed by atoms with Gasteiger partial charge in [0.2, 0.25) is 0 Å². The van der Waals surface area contributed by atoms with E-state index in [2.05, 4.69) is 63.6 Å². The smallest absolute Gasteiger partial charge is 0.0342 e. The first-order valence-electron chi connectivity index (χ1n) is 3.10. The monoisotopic (exact) mass is 310 g/mol. The Balaban J connectivity index is 3.03. The van der Waals surface area contributed by atoms with Crippen LogP contribution in [0.5, 0.6) is 0 Å². The second kappa shape index (κ2) is 3.72. The van der Waals surface area contributed by atoms with Gasteiger partial charge in [0.1, 0.15) is 0 Å². The Bertz CT molecular complexity index is 220. The van der Waals surface area contributed by atoms with Crippen LogP contribution in [0, 0.1) is 0 Å². The fourth-order valence-electron chi connectivity index (χ4n) is 0.798. The van der Waals surface area contributed by atoms with Gasteiger partial charge in [0, 0.05) is 8.40 Å². The molecule has 0 aliphatic rings. The average Bonchev–Trinajstić information content (AvgIpc) is 1.88. The van der Waals surface area contributed by atoms with E-state index in [0.29, 0.717) is 3.92 Å². The van der Waals surface area contributed by atoms with Crippen LogP contribution in [0.4, 0.5) is 0 Å². The highest BCUT2D eigenvalue weighted by Gasteiger charge is 2.02. The number of hydrogen-bond donors (Lipinski definition) is 0. The first-order chi connectivity index (χ1) is 4.72. The van der Waals surface area contributed by atoms with Gasteiger partial charge >= 0.3 is 0 Å². The molecular formula is C8H8BrI. The van der Waals surface area contributed by atoms with Gasteiger partial charge in [-0.2, -0.15) is 0 Å². The zero-order valence-corrected chi connectivity index (χ0v) is 9.39. The topological polar surface area (TPSA) is 0 Å². The summed E-state index contributed by atoms with van der Waals surface area (Å²) in [6, 6.07) is 8.31. The fourth-order valence-corrected chi connectivity index (χ4v) is 2.40. The van der Waals surface area contributed by atoms with Crippen LogP contribution >= 0.6 is 38.5 Å². The van der Waals surface area contributed by atoms with Crippen molar-refractivity contribution in [2.75, 3.05) is 0 Å². The van der Waals surface area contributed by atoms with Gasteiger partial charge in [0.05, 0.1) is 0 Å². The maximum Gasteiger partial charge on any atom is 0.0342 e. The molecule has 0 heterocycles. The zero-order chi connectivity index (χ0) is 7.56. The van der Waals surface area contributed by atoms with Crippen molar-refractivity contribution in [1.82, 2.24) is 0 Å². The molecule has 0 spiro atoms. The van der Waals surface area contributed by atoms with Crippen molar-refractivity contribution in [1.29, 1.82) is 0 Å². The predicted molar refractivity (Wildman–Crippen MR) is 56.6 cm³/mol. The number of rotatable bonds is 1. The van der Waals surface area contributed by atoms with Crippen LogP contribution in [0.3, 0.4) is 0 Å². The van der Waals surface area contributed by atoms with Gasteiger partial charge in [0.15, 0.2) is 0 Å². The minimum atomic E-state index is 0.577. The molecule has 0 N–H and O–H groups in total. The van der Waals surface area contributed by atoms with Crippen LogP contribution in [-0.2, 0) is 0 Å². The quantitative estimate of drug-likeness (QED) is 0.544. The largest absolute Gasteiger partial charge is 0.0777 e. The molecule has 0 aliphatic carbocycles. The molecule has 0 unspecified atom stereocenters.